The highest BCUT2D eigenvalue weighted by Gasteiger charge is 2.26. The standard InChI is InChI=1S/C19H20ClN3O2/c1-11(24)7-18-22-17-10-21-16-4-3-13(20)9-15(16)19(17)23(18)14-5-6-25-12(2)8-14/h3-4,9-10,12,14H,5-8H2,1-2H3/t12-,14-/m1/s1. The molecule has 1 aliphatic heterocycles. The molecule has 130 valence electrons. The topological polar surface area (TPSA) is 57.0 Å². The van der Waals surface area contributed by atoms with Crippen LogP contribution in [0.3, 0.4) is 0 Å². The summed E-state index contributed by atoms with van der Waals surface area (Å²) in [6, 6.07) is 5.96. The molecule has 1 aliphatic rings. The van der Waals surface area contributed by atoms with Crippen LogP contribution in [0.15, 0.2) is 24.4 Å². The zero-order valence-electron chi connectivity index (χ0n) is 14.3. The molecule has 3 aromatic rings. The van der Waals surface area contributed by atoms with Crippen molar-refractivity contribution >= 4 is 39.3 Å². The van der Waals surface area contributed by atoms with Gasteiger partial charge in [0, 0.05) is 23.1 Å². The van der Waals surface area contributed by atoms with Crippen LogP contribution in [0.1, 0.15) is 38.6 Å². The fourth-order valence-electron chi connectivity index (χ4n) is 3.75. The second kappa shape index (κ2) is 6.39. The summed E-state index contributed by atoms with van der Waals surface area (Å²) in [5.74, 6) is 0.905. The van der Waals surface area contributed by atoms with Gasteiger partial charge in [-0.3, -0.25) is 9.78 Å². The zero-order chi connectivity index (χ0) is 17.6. The van der Waals surface area contributed by atoms with Gasteiger partial charge in [-0.05, 0) is 44.9 Å². The molecular formula is C19H20ClN3O2. The van der Waals surface area contributed by atoms with Crippen molar-refractivity contribution in [2.24, 2.45) is 0 Å². The molecule has 0 N–H and O–H groups in total. The average molecular weight is 358 g/mol. The molecule has 0 saturated carbocycles. The molecule has 2 aromatic heterocycles. The van der Waals surface area contributed by atoms with Crippen molar-refractivity contribution in [1.82, 2.24) is 14.5 Å². The van der Waals surface area contributed by atoms with Crippen molar-refractivity contribution in [1.29, 1.82) is 0 Å². The number of carbonyl (C=O) groups is 1. The van der Waals surface area contributed by atoms with Crippen LogP contribution in [-0.2, 0) is 16.0 Å². The minimum absolute atomic E-state index is 0.104. The van der Waals surface area contributed by atoms with Gasteiger partial charge in [0.1, 0.15) is 17.1 Å². The van der Waals surface area contributed by atoms with Crippen LogP contribution in [0, 0.1) is 0 Å². The van der Waals surface area contributed by atoms with Gasteiger partial charge >= 0.3 is 0 Å². The number of Topliss-reactive ketones (excluding diaryl/α,β-unsaturated/α-hetero) is 1. The first-order valence-corrected chi connectivity index (χ1v) is 8.97. The number of benzene rings is 1. The minimum Gasteiger partial charge on any atom is -0.378 e. The fourth-order valence-corrected chi connectivity index (χ4v) is 3.92. The highest BCUT2D eigenvalue weighted by molar-refractivity contribution is 6.31. The number of ketones is 1. The number of rotatable bonds is 3. The molecular weight excluding hydrogens is 338 g/mol. The summed E-state index contributed by atoms with van der Waals surface area (Å²) in [4.78, 5) is 21.0. The third kappa shape index (κ3) is 3.02. The Morgan fingerprint density at radius 2 is 2.24 bits per heavy atom. The SMILES string of the molecule is CC(=O)Cc1nc2cnc3ccc(Cl)cc3c2n1[C@@H]1CCO[C@H](C)C1. The third-order valence-electron chi connectivity index (χ3n) is 4.78. The van der Waals surface area contributed by atoms with E-state index in [1.165, 1.54) is 0 Å². The molecule has 6 heteroatoms. The molecule has 1 fully saturated rings. The first-order valence-electron chi connectivity index (χ1n) is 8.59. The number of fused-ring (bicyclic) bond motifs is 3. The Labute approximate surface area is 151 Å². The second-order valence-electron chi connectivity index (χ2n) is 6.79. The van der Waals surface area contributed by atoms with Crippen LogP contribution in [0.4, 0.5) is 0 Å². The number of carbonyl (C=O) groups excluding carboxylic acids is 1. The van der Waals surface area contributed by atoms with Gasteiger partial charge in [-0.25, -0.2) is 4.98 Å². The molecule has 4 rings (SSSR count). The summed E-state index contributed by atoms with van der Waals surface area (Å²) in [6.07, 6.45) is 4.11. The monoisotopic (exact) mass is 357 g/mol. The Kier molecular flexibility index (Phi) is 4.21. The van der Waals surface area contributed by atoms with Crippen LogP contribution >= 0.6 is 11.6 Å². The molecule has 0 radical (unpaired) electrons. The number of hydrogen-bond acceptors (Lipinski definition) is 4. The fraction of sp³-hybridized carbons (Fsp3) is 0.421. The predicted octanol–water partition coefficient (Wildman–Crippen LogP) is 4.11. The highest BCUT2D eigenvalue weighted by atomic mass is 35.5. The van der Waals surface area contributed by atoms with Crippen LogP contribution in [0.5, 0.6) is 0 Å². The number of hydrogen-bond donors (Lipinski definition) is 0. The van der Waals surface area contributed by atoms with Gasteiger partial charge in [0.2, 0.25) is 0 Å². The van der Waals surface area contributed by atoms with E-state index in [-0.39, 0.29) is 17.9 Å². The minimum atomic E-state index is 0.104. The Bertz CT molecular complexity index is 966. The van der Waals surface area contributed by atoms with Crippen molar-refractivity contribution in [2.75, 3.05) is 6.61 Å². The number of pyridine rings is 1. The lowest BCUT2D eigenvalue weighted by molar-refractivity contribution is -0.116. The number of aromatic nitrogens is 3. The van der Waals surface area contributed by atoms with E-state index in [1.54, 1.807) is 13.1 Å². The Morgan fingerprint density at radius 3 is 3.00 bits per heavy atom. The lowest BCUT2D eigenvalue weighted by Crippen LogP contribution is -2.27. The molecule has 0 aliphatic carbocycles. The van der Waals surface area contributed by atoms with Gasteiger partial charge in [-0.1, -0.05) is 11.6 Å². The summed E-state index contributed by atoms with van der Waals surface area (Å²) >= 11 is 6.24. The molecule has 5 nitrogen and oxygen atoms in total. The molecule has 0 spiro atoms. The van der Waals surface area contributed by atoms with Crippen LogP contribution in [0.25, 0.3) is 21.9 Å². The molecule has 0 unspecified atom stereocenters. The van der Waals surface area contributed by atoms with Gasteiger partial charge in [0.15, 0.2) is 0 Å². The van der Waals surface area contributed by atoms with Gasteiger partial charge < -0.3 is 9.30 Å². The van der Waals surface area contributed by atoms with Gasteiger partial charge in [0.05, 0.1) is 29.8 Å². The molecule has 3 heterocycles. The Morgan fingerprint density at radius 1 is 1.40 bits per heavy atom. The molecule has 2 atom stereocenters. The van der Waals surface area contributed by atoms with Crippen molar-refractivity contribution in [2.45, 2.75) is 45.3 Å². The largest absolute Gasteiger partial charge is 0.378 e. The zero-order valence-corrected chi connectivity index (χ0v) is 15.1. The first-order chi connectivity index (χ1) is 12.0. The van der Waals surface area contributed by atoms with Crippen LogP contribution in [0.2, 0.25) is 5.02 Å². The van der Waals surface area contributed by atoms with E-state index in [0.29, 0.717) is 11.4 Å². The Hall–Kier alpha value is -1.98. The molecule has 1 saturated heterocycles. The van der Waals surface area contributed by atoms with E-state index in [0.717, 1.165) is 47.2 Å². The molecule has 1 aromatic carbocycles. The number of ether oxygens (including phenoxy) is 1. The number of imidazole rings is 1. The molecule has 0 amide bonds. The summed E-state index contributed by atoms with van der Waals surface area (Å²) in [5, 5.41) is 1.65. The highest BCUT2D eigenvalue weighted by Crippen LogP contribution is 2.34. The van der Waals surface area contributed by atoms with E-state index in [1.807, 2.05) is 18.2 Å². The maximum atomic E-state index is 11.8. The predicted molar refractivity (Wildman–Crippen MR) is 98.1 cm³/mol. The van der Waals surface area contributed by atoms with Gasteiger partial charge in [0.25, 0.3) is 0 Å². The van der Waals surface area contributed by atoms with Crippen molar-refractivity contribution in [3.05, 3.63) is 35.2 Å². The van der Waals surface area contributed by atoms with Crippen molar-refractivity contribution in [3.8, 4) is 0 Å². The van der Waals surface area contributed by atoms with Crippen LogP contribution < -0.4 is 0 Å². The smallest absolute Gasteiger partial charge is 0.137 e. The quantitative estimate of drug-likeness (QED) is 0.707. The molecule has 0 bridgehead atoms. The van der Waals surface area contributed by atoms with Crippen molar-refractivity contribution in [3.63, 3.8) is 0 Å². The average Bonchev–Trinajstić information content (AvgIpc) is 2.92. The summed E-state index contributed by atoms with van der Waals surface area (Å²) in [5.41, 5.74) is 2.71. The van der Waals surface area contributed by atoms with Gasteiger partial charge in [-0.15, -0.1) is 0 Å². The summed E-state index contributed by atoms with van der Waals surface area (Å²) in [7, 11) is 0. The van der Waals surface area contributed by atoms with Crippen LogP contribution in [-0.4, -0.2) is 33.0 Å². The number of nitrogens with zero attached hydrogens (tertiary/aromatic N) is 3. The van der Waals surface area contributed by atoms with E-state index in [9.17, 15) is 4.79 Å². The maximum Gasteiger partial charge on any atom is 0.137 e. The van der Waals surface area contributed by atoms with E-state index < -0.39 is 0 Å². The lowest BCUT2D eigenvalue weighted by atomic mass is 10.0. The van der Waals surface area contributed by atoms with E-state index in [4.69, 9.17) is 21.3 Å². The van der Waals surface area contributed by atoms with E-state index >= 15 is 0 Å². The third-order valence-corrected chi connectivity index (χ3v) is 5.02. The van der Waals surface area contributed by atoms with E-state index in [2.05, 4.69) is 16.5 Å². The summed E-state index contributed by atoms with van der Waals surface area (Å²) < 4.78 is 7.94. The normalized spacial score (nSPS) is 21.1. The summed E-state index contributed by atoms with van der Waals surface area (Å²) in [6.45, 7) is 4.41. The first kappa shape index (κ1) is 16.5. The second-order valence-corrected chi connectivity index (χ2v) is 7.23. The lowest BCUT2D eigenvalue weighted by Gasteiger charge is -2.30. The van der Waals surface area contributed by atoms with Crippen molar-refractivity contribution < 1.29 is 9.53 Å². The maximum absolute atomic E-state index is 11.8. The molecule has 25 heavy (non-hydrogen) atoms. The number of halogens is 1. The Balaban J connectivity index is 2.00. The van der Waals surface area contributed by atoms with Gasteiger partial charge in [-0.2, -0.15) is 0 Å².